The molecule has 3 N–H and O–H groups in total. The summed E-state index contributed by atoms with van der Waals surface area (Å²) in [7, 11) is 0. The monoisotopic (exact) mass is 326 g/mol. The van der Waals surface area contributed by atoms with Gasteiger partial charge in [-0.1, -0.05) is 29.3 Å². The Bertz CT molecular complexity index is 611. The molecule has 1 aromatic heterocycles. The molecule has 0 spiro atoms. The molecule has 2 aromatic rings. The summed E-state index contributed by atoms with van der Waals surface area (Å²) in [4.78, 5) is 8.09. The summed E-state index contributed by atoms with van der Waals surface area (Å²) < 4.78 is 1.69. The minimum absolute atomic E-state index is 0.0649. The molecule has 8 heteroatoms. The van der Waals surface area contributed by atoms with Crippen LogP contribution in [-0.2, 0) is 6.54 Å². The summed E-state index contributed by atoms with van der Waals surface area (Å²) >= 11 is 12.0. The van der Waals surface area contributed by atoms with Crippen LogP contribution in [0.4, 0.5) is 0 Å². The molecule has 112 valence electrons. The van der Waals surface area contributed by atoms with Gasteiger partial charge in [-0.05, 0) is 24.6 Å². The minimum atomic E-state index is -0.0649. The molecular weight excluding hydrogens is 311 g/mol. The van der Waals surface area contributed by atoms with Crippen LogP contribution in [0, 0.1) is 0 Å². The molecule has 2 rings (SSSR count). The fourth-order valence-corrected chi connectivity index (χ4v) is 2.39. The molecule has 0 aliphatic carbocycles. The molecule has 1 heterocycles. The zero-order chi connectivity index (χ0) is 15.2. The Morgan fingerprint density at radius 3 is 2.95 bits per heavy atom. The van der Waals surface area contributed by atoms with Gasteiger partial charge in [0.25, 0.3) is 0 Å². The van der Waals surface area contributed by atoms with Crippen LogP contribution in [0.1, 0.15) is 18.5 Å². The SMILES string of the molecule is CC(NC(N)=NCCn1cncn1)c1ccc(Cl)cc1Cl. The summed E-state index contributed by atoms with van der Waals surface area (Å²) in [5.41, 5.74) is 6.77. The van der Waals surface area contributed by atoms with Crippen molar-refractivity contribution < 1.29 is 0 Å². The molecule has 1 atom stereocenters. The van der Waals surface area contributed by atoms with Gasteiger partial charge in [-0.3, -0.25) is 9.67 Å². The fraction of sp³-hybridized carbons (Fsp3) is 0.308. The number of aromatic nitrogens is 3. The van der Waals surface area contributed by atoms with Gasteiger partial charge in [0.15, 0.2) is 5.96 Å². The number of aliphatic imine (C=N–C) groups is 1. The highest BCUT2D eigenvalue weighted by Crippen LogP contribution is 2.25. The lowest BCUT2D eigenvalue weighted by Gasteiger charge is -2.16. The Morgan fingerprint density at radius 2 is 2.29 bits per heavy atom. The normalized spacial score (nSPS) is 13.2. The highest BCUT2D eigenvalue weighted by atomic mass is 35.5. The minimum Gasteiger partial charge on any atom is -0.370 e. The molecule has 0 fully saturated rings. The van der Waals surface area contributed by atoms with Gasteiger partial charge in [0.05, 0.1) is 19.1 Å². The first kappa shape index (κ1) is 15.6. The van der Waals surface area contributed by atoms with Gasteiger partial charge in [-0.2, -0.15) is 5.10 Å². The molecule has 0 aliphatic rings. The Kier molecular flexibility index (Phi) is 5.41. The van der Waals surface area contributed by atoms with E-state index in [1.54, 1.807) is 23.1 Å². The Hall–Kier alpha value is -1.79. The molecular formula is C13H16Cl2N6. The van der Waals surface area contributed by atoms with Crippen LogP contribution in [0.25, 0.3) is 0 Å². The van der Waals surface area contributed by atoms with Crippen molar-refractivity contribution in [1.82, 2.24) is 20.1 Å². The predicted molar refractivity (Wildman–Crippen MR) is 84.5 cm³/mol. The number of hydrogen-bond donors (Lipinski definition) is 2. The second kappa shape index (κ2) is 7.28. The first-order valence-corrected chi connectivity index (χ1v) is 7.15. The van der Waals surface area contributed by atoms with Crippen LogP contribution in [0.2, 0.25) is 10.0 Å². The third-order valence-corrected chi connectivity index (χ3v) is 3.43. The van der Waals surface area contributed by atoms with E-state index < -0.39 is 0 Å². The van der Waals surface area contributed by atoms with Crippen LogP contribution in [0.5, 0.6) is 0 Å². The highest BCUT2D eigenvalue weighted by molar-refractivity contribution is 6.35. The van der Waals surface area contributed by atoms with Gasteiger partial charge in [0.1, 0.15) is 12.7 Å². The van der Waals surface area contributed by atoms with Crippen LogP contribution >= 0.6 is 23.2 Å². The van der Waals surface area contributed by atoms with Gasteiger partial charge in [-0.15, -0.1) is 0 Å². The Morgan fingerprint density at radius 1 is 1.48 bits per heavy atom. The predicted octanol–water partition coefficient (Wildman–Crippen LogP) is 2.25. The van der Waals surface area contributed by atoms with Crippen molar-refractivity contribution in [2.75, 3.05) is 6.54 Å². The summed E-state index contributed by atoms with van der Waals surface area (Å²) in [6.07, 6.45) is 3.12. The smallest absolute Gasteiger partial charge is 0.189 e. The van der Waals surface area contributed by atoms with Crippen molar-refractivity contribution in [1.29, 1.82) is 0 Å². The maximum Gasteiger partial charge on any atom is 0.189 e. The molecule has 1 aromatic carbocycles. The van der Waals surface area contributed by atoms with Gasteiger partial charge in [0, 0.05) is 10.0 Å². The van der Waals surface area contributed by atoms with E-state index in [1.165, 1.54) is 6.33 Å². The largest absolute Gasteiger partial charge is 0.370 e. The third kappa shape index (κ3) is 4.61. The van der Waals surface area contributed by atoms with Crippen molar-refractivity contribution in [2.45, 2.75) is 19.5 Å². The van der Waals surface area contributed by atoms with E-state index in [4.69, 9.17) is 28.9 Å². The lowest BCUT2D eigenvalue weighted by Crippen LogP contribution is -2.34. The molecule has 0 radical (unpaired) electrons. The van der Waals surface area contributed by atoms with Gasteiger partial charge in [-0.25, -0.2) is 4.98 Å². The van der Waals surface area contributed by atoms with Crippen molar-refractivity contribution in [3.8, 4) is 0 Å². The molecule has 0 saturated carbocycles. The second-order valence-corrected chi connectivity index (χ2v) is 5.30. The van der Waals surface area contributed by atoms with Crippen LogP contribution < -0.4 is 11.1 Å². The zero-order valence-electron chi connectivity index (χ0n) is 11.5. The first-order valence-electron chi connectivity index (χ1n) is 6.40. The zero-order valence-corrected chi connectivity index (χ0v) is 13.0. The van der Waals surface area contributed by atoms with Crippen molar-refractivity contribution in [3.63, 3.8) is 0 Å². The summed E-state index contributed by atoms with van der Waals surface area (Å²) in [6.45, 7) is 3.09. The quantitative estimate of drug-likeness (QED) is 0.652. The van der Waals surface area contributed by atoms with Crippen LogP contribution in [0.3, 0.4) is 0 Å². The summed E-state index contributed by atoms with van der Waals surface area (Å²) in [6, 6.07) is 5.29. The van der Waals surface area contributed by atoms with Gasteiger partial charge in [0.2, 0.25) is 0 Å². The lowest BCUT2D eigenvalue weighted by molar-refractivity contribution is 0.619. The maximum atomic E-state index is 6.16. The van der Waals surface area contributed by atoms with Crippen LogP contribution in [-0.4, -0.2) is 27.3 Å². The Labute approximate surface area is 133 Å². The average Bonchev–Trinajstić information content (AvgIpc) is 2.91. The molecule has 0 aliphatic heterocycles. The summed E-state index contributed by atoms with van der Waals surface area (Å²) in [5, 5.41) is 8.28. The third-order valence-electron chi connectivity index (χ3n) is 2.87. The van der Waals surface area contributed by atoms with E-state index in [1.807, 2.05) is 13.0 Å². The number of hydrogen-bond acceptors (Lipinski definition) is 3. The standard InChI is InChI=1S/C13H16Cl2N6/c1-9(11-3-2-10(14)6-12(11)15)20-13(16)18-4-5-21-8-17-7-19-21/h2-3,6-9H,4-5H2,1H3,(H3,16,18,20). The average molecular weight is 327 g/mol. The molecule has 6 nitrogen and oxygen atoms in total. The number of benzene rings is 1. The maximum absolute atomic E-state index is 6.16. The number of nitrogens with one attached hydrogen (secondary N) is 1. The van der Waals surface area contributed by atoms with E-state index in [2.05, 4.69) is 20.4 Å². The fourth-order valence-electron chi connectivity index (χ4n) is 1.82. The van der Waals surface area contributed by atoms with E-state index in [0.717, 1.165) is 5.56 Å². The van der Waals surface area contributed by atoms with E-state index in [0.29, 0.717) is 29.1 Å². The number of halogens is 2. The van der Waals surface area contributed by atoms with E-state index >= 15 is 0 Å². The second-order valence-electron chi connectivity index (χ2n) is 4.46. The number of guanidine groups is 1. The number of nitrogens with two attached hydrogens (primary N) is 1. The van der Waals surface area contributed by atoms with E-state index in [-0.39, 0.29) is 6.04 Å². The number of rotatable bonds is 5. The Balaban J connectivity index is 1.90. The summed E-state index contributed by atoms with van der Waals surface area (Å²) in [5.74, 6) is 0.355. The van der Waals surface area contributed by atoms with Crippen LogP contribution in [0.15, 0.2) is 35.8 Å². The first-order chi connectivity index (χ1) is 10.1. The molecule has 21 heavy (non-hydrogen) atoms. The molecule has 0 bridgehead atoms. The highest BCUT2D eigenvalue weighted by Gasteiger charge is 2.10. The molecule has 0 saturated heterocycles. The van der Waals surface area contributed by atoms with E-state index in [9.17, 15) is 0 Å². The molecule has 1 unspecified atom stereocenters. The van der Waals surface area contributed by atoms with Gasteiger partial charge >= 0.3 is 0 Å². The lowest BCUT2D eigenvalue weighted by atomic mass is 10.1. The van der Waals surface area contributed by atoms with Gasteiger partial charge < -0.3 is 11.1 Å². The topological polar surface area (TPSA) is 81.1 Å². The molecule has 0 amide bonds. The number of nitrogens with zero attached hydrogens (tertiary/aromatic N) is 4. The van der Waals surface area contributed by atoms with Crippen molar-refractivity contribution >= 4 is 29.2 Å². The van der Waals surface area contributed by atoms with Crippen molar-refractivity contribution in [2.24, 2.45) is 10.7 Å². The van der Waals surface area contributed by atoms with Crippen molar-refractivity contribution in [3.05, 3.63) is 46.5 Å².